The average Bonchev–Trinajstić information content (AvgIpc) is 3.19. The zero-order valence-electron chi connectivity index (χ0n) is 21.1. The summed E-state index contributed by atoms with van der Waals surface area (Å²) in [6.45, 7) is 2.67. The Morgan fingerprint density at radius 1 is 1.05 bits per heavy atom. The van der Waals surface area contributed by atoms with Gasteiger partial charge in [-0.1, -0.05) is 6.07 Å². The summed E-state index contributed by atoms with van der Waals surface area (Å²) in [6.07, 6.45) is 0.771. The predicted molar refractivity (Wildman–Crippen MR) is 142 cm³/mol. The monoisotopic (exact) mass is 543 g/mol. The molecule has 0 spiro atoms. The van der Waals surface area contributed by atoms with Crippen LogP contribution in [0.4, 0.5) is 24.8 Å². The molecule has 0 aliphatic carbocycles. The van der Waals surface area contributed by atoms with E-state index in [2.05, 4.69) is 32.4 Å². The maximum Gasteiger partial charge on any atom is 0.416 e. The normalized spacial score (nSPS) is 15.2. The molecule has 7 nitrogen and oxygen atoms in total. The number of hydrogen-bond donors (Lipinski definition) is 1. The van der Waals surface area contributed by atoms with Crippen LogP contribution in [0.25, 0.3) is 16.8 Å². The molecule has 3 heterocycles. The van der Waals surface area contributed by atoms with E-state index in [1.807, 2.05) is 6.07 Å². The molecule has 0 amide bonds. The third-order valence-corrected chi connectivity index (χ3v) is 7.49. The van der Waals surface area contributed by atoms with E-state index in [1.54, 1.807) is 24.6 Å². The Kier molecular flexibility index (Phi) is 7.40. The van der Waals surface area contributed by atoms with Crippen molar-refractivity contribution < 1.29 is 22.1 Å². The third kappa shape index (κ3) is 5.68. The van der Waals surface area contributed by atoms with E-state index < -0.39 is 22.5 Å². The van der Waals surface area contributed by atoms with Crippen molar-refractivity contribution >= 4 is 28.1 Å². The SMILES string of the molecule is COc1ccc(C(F)(F)F)cc1-c1cccn2nc(Nc3ccc4c(c3)CCN(CCS(C)=O)CC4)nc12. The van der Waals surface area contributed by atoms with Crippen LogP contribution in [0.2, 0.25) is 0 Å². The summed E-state index contributed by atoms with van der Waals surface area (Å²) in [6, 6.07) is 13.0. The van der Waals surface area contributed by atoms with Crippen molar-refractivity contribution in [3.63, 3.8) is 0 Å². The number of nitrogens with one attached hydrogen (secondary N) is 1. The fraction of sp³-hybridized carbons (Fsp3) is 0.333. The number of rotatable bonds is 7. The van der Waals surface area contributed by atoms with Crippen LogP contribution in [0, 0.1) is 0 Å². The molecule has 2 aromatic heterocycles. The minimum Gasteiger partial charge on any atom is -0.496 e. The maximum atomic E-state index is 13.4. The van der Waals surface area contributed by atoms with Crippen molar-refractivity contribution in [2.75, 3.05) is 44.1 Å². The fourth-order valence-corrected chi connectivity index (χ4v) is 5.24. The lowest BCUT2D eigenvalue weighted by Crippen LogP contribution is -2.30. The molecule has 200 valence electrons. The highest BCUT2D eigenvalue weighted by molar-refractivity contribution is 7.84. The van der Waals surface area contributed by atoms with Gasteiger partial charge in [-0.15, -0.1) is 5.10 Å². The van der Waals surface area contributed by atoms with E-state index >= 15 is 0 Å². The van der Waals surface area contributed by atoms with Gasteiger partial charge in [0.1, 0.15) is 5.75 Å². The molecule has 1 unspecified atom stereocenters. The standard InChI is InChI=1S/C27H28F3N5O2S/c1-37-24-8-6-20(27(28,29)30)17-23(24)22-4-3-11-35-25(22)32-26(33-35)31-21-7-5-18-9-12-34(14-15-38(2)36)13-10-19(18)16-21/h3-8,11,16-17H,9-10,12-15H2,1-2H3,(H,31,33). The lowest BCUT2D eigenvalue weighted by molar-refractivity contribution is -0.137. The molecule has 11 heteroatoms. The van der Waals surface area contributed by atoms with E-state index in [1.165, 1.54) is 28.8 Å². The molecule has 5 rings (SSSR count). The van der Waals surface area contributed by atoms with E-state index in [0.717, 1.165) is 50.3 Å². The first-order valence-electron chi connectivity index (χ1n) is 12.2. The van der Waals surface area contributed by atoms with Gasteiger partial charge in [-0.3, -0.25) is 4.21 Å². The largest absolute Gasteiger partial charge is 0.496 e. The minimum atomic E-state index is -4.48. The molecule has 0 radical (unpaired) electrons. The molecule has 0 saturated carbocycles. The van der Waals surface area contributed by atoms with Gasteiger partial charge in [-0.2, -0.15) is 18.2 Å². The highest BCUT2D eigenvalue weighted by Gasteiger charge is 2.31. The van der Waals surface area contributed by atoms with Crippen molar-refractivity contribution in [1.29, 1.82) is 0 Å². The van der Waals surface area contributed by atoms with Crippen LogP contribution in [0.3, 0.4) is 0 Å². The van der Waals surface area contributed by atoms with Crippen molar-refractivity contribution in [1.82, 2.24) is 19.5 Å². The van der Waals surface area contributed by atoms with Gasteiger partial charge in [0.05, 0.1) is 12.7 Å². The van der Waals surface area contributed by atoms with Gasteiger partial charge in [-0.05, 0) is 66.4 Å². The molecule has 4 aromatic rings. The number of fused-ring (bicyclic) bond motifs is 2. The summed E-state index contributed by atoms with van der Waals surface area (Å²) in [4.78, 5) is 6.95. The predicted octanol–water partition coefficient (Wildman–Crippen LogP) is 4.95. The number of ether oxygens (including phenoxy) is 1. The molecule has 0 saturated heterocycles. The molecule has 0 fully saturated rings. The van der Waals surface area contributed by atoms with Crippen LogP contribution in [-0.2, 0) is 29.8 Å². The molecule has 38 heavy (non-hydrogen) atoms. The van der Waals surface area contributed by atoms with Gasteiger partial charge < -0.3 is 15.0 Å². The van der Waals surface area contributed by atoms with Crippen molar-refractivity contribution in [3.8, 4) is 16.9 Å². The quantitative estimate of drug-likeness (QED) is 0.356. The highest BCUT2D eigenvalue weighted by atomic mass is 32.2. The highest BCUT2D eigenvalue weighted by Crippen LogP contribution is 2.38. The Morgan fingerprint density at radius 2 is 1.84 bits per heavy atom. The fourth-order valence-electron chi connectivity index (χ4n) is 4.72. The smallest absolute Gasteiger partial charge is 0.416 e. The zero-order chi connectivity index (χ0) is 26.9. The number of aromatic nitrogens is 3. The van der Waals surface area contributed by atoms with Crippen molar-refractivity contribution in [2.45, 2.75) is 19.0 Å². The molecule has 1 aliphatic rings. The number of pyridine rings is 1. The van der Waals surface area contributed by atoms with Crippen LogP contribution < -0.4 is 10.1 Å². The summed E-state index contributed by atoms with van der Waals surface area (Å²) >= 11 is 0. The lowest BCUT2D eigenvalue weighted by Gasteiger charge is -2.18. The van der Waals surface area contributed by atoms with Gasteiger partial charge in [-0.25, -0.2) is 4.52 Å². The second kappa shape index (κ2) is 10.7. The molecule has 1 N–H and O–H groups in total. The minimum absolute atomic E-state index is 0.286. The van der Waals surface area contributed by atoms with E-state index in [-0.39, 0.29) is 5.56 Å². The summed E-state index contributed by atoms with van der Waals surface area (Å²) in [5.41, 5.74) is 3.78. The summed E-state index contributed by atoms with van der Waals surface area (Å²) in [5.74, 6) is 1.33. The molecule has 0 bridgehead atoms. The number of hydrogen-bond acceptors (Lipinski definition) is 6. The Bertz CT molecular complexity index is 1490. The van der Waals surface area contributed by atoms with Gasteiger partial charge in [0.25, 0.3) is 0 Å². The first-order valence-corrected chi connectivity index (χ1v) is 14.0. The van der Waals surface area contributed by atoms with Crippen LogP contribution in [0.15, 0.2) is 54.7 Å². The summed E-state index contributed by atoms with van der Waals surface area (Å²) in [7, 11) is 0.620. The van der Waals surface area contributed by atoms with E-state index in [4.69, 9.17) is 4.74 Å². The molecule has 1 atom stereocenters. The number of nitrogens with zero attached hydrogens (tertiary/aromatic N) is 4. The van der Waals surface area contributed by atoms with Crippen molar-refractivity contribution in [2.24, 2.45) is 0 Å². The number of alkyl halides is 3. The Hall–Kier alpha value is -3.44. The number of anilines is 2. The second-order valence-electron chi connectivity index (χ2n) is 9.27. The second-order valence-corrected chi connectivity index (χ2v) is 10.8. The maximum absolute atomic E-state index is 13.4. The van der Waals surface area contributed by atoms with E-state index in [0.29, 0.717) is 28.7 Å². The average molecular weight is 544 g/mol. The van der Waals surface area contributed by atoms with Crippen LogP contribution in [-0.4, -0.2) is 62.5 Å². The van der Waals surface area contributed by atoms with Gasteiger partial charge in [0.15, 0.2) is 5.65 Å². The Morgan fingerprint density at radius 3 is 2.58 bits per heavy atom. The molecule has 1 aliphatic heterocycles. The zero-order valence-corrected chi connectivity index (χ0v) is 21.9. The van der Waals surface area contributed by atoms with Gasteiger partial charge in [0, 0.05) is 65.5 Å². The molecular weight excluding hydrogens is 515 g/mol. The summed E-state index contributed by atoms with van der Waals surface area (Å²) < 4.78 is 58.6. The van der Waals surface area contributed by atoms with Crippen LogP contribution >= 0.6 is 0 Å². The van der Waals surface area contributed by atoms with Gasteiger partial charge in [0.2, 0.25) is 5.95 Å². The molecule has 2 aromatic carbocycles. The van der Waals surface area contributed by atoms with E-state index in [9.17, 15) is 17.4 Å². The first-order chi connectivity index (χ1) is 18.2. The number of benzene rings is 2. The third-order valence-electron chi connectivity index (χ3n) is 6.73. The van der Waals surface area contributed by atoms with Gasteiger partial charge >= 0.3 is 6.18 Å². The lowest BCUT2D eigenvalue weighted by atomic mass is 10.0. The Labute approximate surface area is 221 Å². The van der Waals surface area contributed by atoms with Crippen molar-refractivity contribution in [3.05, 3.63) is 71.4 Å². The number of halogens is 3. The Balaban J connectivity index is 1.41. The summed E-state index contributed by atoms with van der Waals surface area (Å²) in [5, 5.41) is 7.75. The number of methoxy groups -OCH3 is 1. The molecular formula is C27H28F3N5O2S. The first kappa shape index (κ1) is 26.2. The topological polar surface area (TPSA) is 71.8 Å². The van der Waals surface area contributed by atoms with Crippen LogP contribution in [0.5, 0.6) is 5.75 Å². The van der Waals surface area contributed by atoms with Crippen LogP contribution in [0.1, 0.15) is 16.7 Å².